The van der Waals surface area contributed by atoms with E-state index in [9.17, 15) is 4.79 Å². The summed E-state index contributed by atoms with van der Waals surface area (Å²) in [7, 11) is 0. The van der Waals surface area contributed by atoms with Gasteiger partial charge in [-0.25, -0.2) is 0 Å². The van der Waals surface area contributed by atoms with Crippen molar-refractivity contribution in [2.45, 2.75) is 32.6 Å². The summed E-state index contributed by atoms with van der Waals surface area (Å²) in [5, 5.41) is 3.41. The zero-order valence-electron chi connectivity index (χ0n) is 10.0. The second-order valence-electron chi connectivity index (χ2n) is 4.67. The van der Waals surface area contributed by atoms with Crippen LogP contribution < -0.4 is 5.32 Å². The van der Waals surface area contributed by atoms with Crippen LogP contribution in [-0.4, -0.2) is 17.4 Å². The highest BCUT2D eigenvalue weighted by molar-refractivity contribution is 6.33. The third-order valence-corrected chi connectivity index (χ3v) is 3.57. The average Bonchev–Trinajstić information content (AvgIpc) is 2.78. The number of aromatic nitrogens is 1. The molecule has 1 aliphatic rings. The number of carbonyl (C=O) groups is 1. The number of amides is 1. The van der Waals surface area contributed by atoms with E-state index in [1.165, 1.54) is 25.7 Å². The summed E-state index contributed by atoms with van der Waals surface area (Å²) in [6, 6.07) is 1.71. The number of carbonyl (C=O) groups excluding carboxylic acids is 1. The van der Waals surface area contributed by atoms with Crippen molar-refractivity contribution >= 4 is 17.5 Å². The minimum Gasteiger partial charge on any atom is -0.352 e. The second kappa shape index (κ2) is 5.50. The Hall–Kier alpha value is -1.09. The van der Waals surface area contributed by atoms with E-state index in [-0.39, 0.29) is 5.91 Å². The van der Waals surface area contributed by atoms with Crippen molar-refractivity contribution in [3.63, 3.8) is 0 Å². The molecule has 92 valence electrons. The van der Waals surface area contributed by atoms with Gasteiger partial charge < -0.3 is 5.32 Å². The molecule has 2 rings (SSSR count). The van der Waals surface area contributed by atoms with Crippen LogP contribution in [0.25, 0.3) is 0 Å². The standard InChI is InChI=1S/C13H17ClN2O/c1-9-6-12(14)11(8-15-9)13(17)16-7-10-4-2-3-5-10/h6,8,10H,2-5,7H2,1H3,(H,16,17). The predicted molar refractivity (Wildman–Crippen MR) is 68.3 cm³/mol. The van der Waals surface area contributed by atoms with Crippen LogP contribution in [0.1, 0.15) is 41.7 Å². The molecule has 4 heteroatoms. The van der Waals surface area contributed by atoms with Crippen molar-refractivity contribution < 1.29 is 4.79 Å². The number of halogens is 1. The maximum atomic E-state index is 11.9. The summed E-state index contributed by atoms with van der Waals surface area (Å²) in [6.07, 6.45) is 6.56. The number of nitrogens with zero attached hydrogens (tertiary/aromatic N) is 1. The number of aryl methyl sites for hydroxylation is 1. The van der Waals surface area contributed by atoms with Gasteiger partial charge in [0.1, 0.15) is 0 Å². The Balaban J connectivity index is 1.94. The average molecular weight is 253 g/mol. The quantitative estimate of drug-likeness (QED) is 0.899. The molecule has 1 amide bonds. The molecule has 0 bridgehead atoms. The van der Waals surface area contributed by atoms with Crippen LogP contribution >= 0.6 is 11.6 Å². The molecule has 0 atom stereocenters. The van der Waals surface area contributed by atoms with Crippen molar-refractivity contribution in [1.82, 2.24) is 10.3 Å². The molecule has 0 unspecified atom stereocenters. The molecule has 1 aromatic rings. The number of pyridine rings is 1. The lowest BCUT2D eigenvalue weighted by Crippen LogP contribution is -2.28. The fourth-order valence-corrected chi connectivity index (χ4v) is 2.53. The maximum Gasteiger partial charge on any atom is 0.254 e. The van der Waals surface area contributed by atoms with Crippen molar-refractivity contribution in [2.24, 2.45) is 5.92 Å². The zero-order valence-corrected chi connectivity index (χ0v) is 10.8. The number of nitrogens with one attached hydrogen (secondary N) is 1. The fourth-order valence-electron chi connectivity index (χ4n) is 2.24. The van der Waals surface area contributed by atoms with Gasteiger partial charge in [0.2, 0.25) is 0 Å². The molecule has 17 heavy (non-hydrogen) atoms. The van der Waals surface area contributed by atoms with Gasteiger partial charge in [-0.05, 0) is 31.7 Å². The lowest BCUT2D eigenvalue weighted by Gasteiger charge is -2.11. The minimum absolute atomic E-state index is 0.116. The third kappa shape index (κ3) is 3.19. The first-order valence-corrected chi connectivity index (χ1v) is 6.45. The first-order valence-electron chi connectivity index (χ1n) is 6.07. The maximum absolute atomic E-state index is 11.9. The van der Waals surface area contributed by atoms with E-state index in [0.717, 1.165) is 12.2 Å². The highest BCUT2D eigenvalue weighted by atomic mass is 35.5. The zero-order chi connectivity index (χ0) is 12.3. The molecule has 0 radical (unpaired) electrons. The van der Waals surface area contributed by atoms with E-state index in [1.54, 1.807) is 12.3 Å². The predicted octanol–water partition coefficient (Wildman–Crippen LogP) is 2.96. The van der Waals surface area contributed by atoms with Crippen LogP contribution in [0.2, 0.25) is 5.02 Å². The normalized spacial score (nSPS) is 16.1. The Morgan fingerprint density at radius 3 is 2.88 bits per heavy atom. The minimum atomic E-state index is -0.116. The number of hydrogen-bond acceptors (Lipinski definition) is 2. The van der Waals surface area contributed by atoms with Crippen molar-refractivity contribution in [3.8, 4) is 0 Å². The van der Waals surface area contributed by atoms with E-state index >= 15 is 0 Å². The van der Waals surface area contributed by atoms with Gasteiger partial charge in [-0.1, -0.05) is 24.4 Å². The van der Waals surface area contributed by atoms with Gasteiger partial charge in [0, 0.05) is 18.4 Å². The topological polar surface area (TPSA) is 42.0 Å². The van der Waals surface area contributed by atoms with Gasteiger partial charge >= 0.3 is 0 Å². The second-order valence-corrected chi connectivity index (χ2v) is 5.07. The Labute approximate surface area is 107 Å². The largest absolute Gasteiger partial charge is 0.352 e. The van der Waals surface area contributed by atoms with Gasteiger partial charge in [0.25, 0.3) is 5.91 Å². The fraction of sp³-hybridized carbons (Fsp3) is 0.538. The smallest absolute Gasteiger partial charge is 0.254 e. The number of rotatable bonds is 3. The number of hydrogen-bond donors (Lipinski definition) is 1. The van der Waals surface area contributed by atoms with Crippen LogP contribution in [0, 0.1) is 12.8 Å². The van der Waals surface area contributed by atoms with Crippen molar-refractivity contribution in [1.29, 1.82) is 0 Å². The van der Waals surface area contributed by atoms with Gasteiger partial charge in [-0.15, -0.1) is 0 Å². The van der Waals surface area contributed by atoms with Crippen LogP contribution in [0.5, 0.6) is 0 Å². The van der Waals surface area contributed by atoms with E-state index in [2.05, 4.69) is 10.3 Å². The van der Waals surface area contributed by atoms with Gasteiger partial charge in [0.15, 0.2) is 0 Å². The molecule has 0 aromatic carbocycles. The monoisotopic (exact) mass is 252 g/mol. The molecular weight excluding hydrogens is 236 g/mol. The van der Waals surface area contributed by atoms with E-state index in [1.807, 2.05) is 6.92 Å². The summed E-state index contributed by atoms with van der Waals surface area (Å²) < 4.78 is 0. The highest BCUT2D eigenvalue weighted by Crippen LogP contribution is 2.24. The summed E-state index contributed by atoms with van der Waals surface area (Å²) in [4.78, 5) is 16.0. The van der Waals surface area contributed by atoms with Crippen molar-refractivity contribution in [3.05, 3.63) is 28.5 Å². The van der Waals surface area contributed by atoms with E-state index in [4.69, 9.17) is 11.6 Å². The molecule has 0 spiro atoms. The van der Waals surface area contributed by atoms with Crippen LogP contribution in [0.3, 0.4) is 0 Å². The third-order valence-electron chi connectivity index (χ3n) is 3.26. The molecule has 1 heterocycles. The summed E-state index contributed by atoms with van der Waals surface area (Å²) in [5.74, 6) is 0.519. The Morgan fingerprint density at radius 1 is 1.53 bits per heavy atom. The van der Waals surface area contributed by atoms with Gasteiger partial charge in [-0.3, -0.25) is 9.78 Å². The Morgan fingerprint density at radius 2 is 2.24 bits per heavy atom. The highest BCUT2D eigenvalue weighted by Gasteiger charge is 2.17. The van der Waals surface area contributed by atoms with Gasteiger partial charge in [-0.2, -0.15) is 0 Å². The molecule has 0 saturated heterocycles. The molecule has 1 fully saturated rings. The van der Waals surface area contributed by atoms with Gasteiger partial charge in [0.05, 0.1) is 10.6 Å². The molecule has 1 aromatic heterocycles. The molecule has 3 nitrogen and oxygen atoms in total. The Bertz CT molecular complexity index is 414. The lowest BCUT2D eigenvalue weighted by molar-refractivity contribution is 0.0947. The Kier molecular flexibility index (Phi) is 4.00. The van der Waals surface area contributed by atoms with Crippen LogP contribution in [0.15, 0.2) is 12.3 Å². The molecular formula is C13H17ClN2O. The molecule has 1 saturated carbocycles. The molecule has 1 N–H and O–H groups in total. The SMILES string of the molecule is Cc1cc(Cl)c(C(=O)NCC2CCCC2)cn1. The molecule has 1 aliphatic carbocycles. The van der Waals surface area contributed by atoms with Crippen molar-refractivity contribution in [2.75, 3.05) is 6.54 Å². The van der Waals surface area contributed by atoms with E-state index in [0.29, 0.717) is 16.5 Å². The summed E-state index contributed by atoms with van der Waals surface area (Å²) in [6.45, 7) is 2.61. The summed E-state index contributed by atoms with van der Waals surface area (Å²) in [5.41, 5.74) is 1.29. The van der Waals surface area contributed by atoms with E-state index < -0.39 is 0 Å². The molecule has 0 aliphatic heterocycles. The van der Waals surface area contributed by atoms with Crippen LogP contribution in [0.4, 0.5) is 0 Å². The summed E-state index contributed by atoms with van der Waals surface area (Å²) >= 11 is 6.02. The van der Waals surface area contributed by atoms with Crippen LogP contribution in [-0.2, 0) is 0 Å². The lowest BCUT2D eigenvalue weighted by atomic mass is 10.1. The first kappa shape index (κ1) is 12.4. The first-order chi connectivity index (χ1) is 8.16.